The van der Waals surface area contributed by atoms with E-state index in [-0.39, 0.29) is 5.91 Å². The van der Waals surface area contributed by atoms with Gasteiger partial charge in [0.1, 0.15) is 5.82 Å². The predicted octanol–water partition coefficient (Wildman–Crippen LogP) is 5.87. The summed E-state index contributed by atoms with van der Waals surface area (Å²) in [6.45, 7) is 1.42. The largest absolute Gasteiger partial charge is 0.397 e. The quantitative estimate of drug-likeness (QED) is 0.309. The van der Waals surface area contributed by atoms with Crippen LogP contribution in [0.1, 0.15) is 6.92 Å². The summed E-state index contributed by atoms with van der Waals surface area (Å²) >= 11 is 17.3. The normalized spacial score (nSPS) is 10.9. The van der Waals surface area contributed by atoms with Crippen molar-refractivity contribution in [3.63, 3.8) is 0 Å². The lowest BCUT2D eigenvalue weighted by Crippen LogP contribution is -2.07. The van der Waals surface area contributed by atoms with Gasteiger partial charge >= 0.3 is 0 Å². The molecule has 0 saturated heterocycles. The highest BCUT2D eigenvalue weighted by Crippen LogP contribution is 2.50. The van der Waals surface area contributed by atoms with Crippen molar-refractivity contribution in [2.24, 2.45) is 0 Å². The molecule has 0 unspecified atom stereocenters. The Morgan fingerprint density at radius 2 is 2.00 bits per heavy atom. The van der Waals surface area contributed by atoms with Crippen LogP contribution in [-0.2, 0) is 4.79 Å². The van der Waals surface area contributed by atoms with Gasteiger partial charge in [-0.1, -0.05) is 29.3 Å². The van der Waals surface area contributed by atoms with Crippen molar-refractivity contribution in [3.05, 3.63) is 51.3 Å². The molecule has 30 heavy (non-hydrogen) atoms. The number of hydrogen-bond acceptors (Lipinski definition) is 6. The second-order valence-electron chi connectivity index (χ2n) is 6.25. The number of hydrogen-bond donors (Lipinski definition) is 3. The van der Waals surface area contributed by atoms with E-state index in [1.165, 1.54) is 18.3 Å². The highest BCUT2D eigenvalue weighted by molar-refractivity contribution is 9.10. The number of halogens is 3. The van der Waals surface area contributed by atoms with E-state index >= 15 is 0 Å². The Morgan fingerprint density at radius 3 is 2.67 bits per heavy atom. The molecule has 4 N–H and O–H groups in total. The maximum Gasteiger partial charge on any atom is 0.222 e. The number of carbonyl (C=O) groups is 1. The van der Waals surface area contributed by atoms with Crippen LogP contribution in [0.2, 0.25) is 10.0 Å². The van der Waals surface area contributed by atoms with Gasteiger partial charge in [0.15, 0.2) is 10.6 Å². The summed E-state index contributed by atoms with van der Waals surface area (Å²) in [5, 5.41) is 11.8. The number of nitrogen functional groups attached to an aromatic ring is 1. The van der Waals surface area contributed by atoms with Gasteiger partial charge in [-0.05, 0) is 45.8 Å². The van der Waals surface area contributed by atoms with Gasteiger partial charge in [0, 0.05) is 29.3 Å². The molecule has 0 aliphatic rings. The third-order valence-electron chi connectivity index (χ3n) is 4.15. The van der Waals surface area contributed by atoms with E-state index in [9.17, 15) is 4.79 Å². The Labute approximate surface area is 193 Å². The number of H-pyrrole nitrogens is 1. The van der Waals surface area contributed by atoms with E-state index in [2.05, 4.69) is 41.4 Å². The summed E-state index contributed by atoms with van der Waals surface area (Å²) in [4.78, 5) is 20.2. The van der Waals surface area contributed by atoms with Crippen LogP contribution >= 0.6 is 50.5 Å². The van der Waals surface area contributed by atoms with Crippen molar-refractivity contribution in [1.82, 2.24) is 20.2 Å². The third-order valence-corrected chi connectivity index (χ3v) is 6.31. The molecule has 0 saturated carbocycles. The van der Waals surface area contributed by atoms with Gasteiger partial charge in [-0.2, -0.15) is 0 Å². The van der Waals surface area contributed by atoms with E-state index in [1.807, 2.05) is 12.1 Å². The van der Waals surface area contributed by atoms with Crippen molar-refractivity contribution in [2.75, 3.05) is 11.1 Å². The fourth-order valence-electron chi connectivity index (χ4n) is 2.95. The topological polar surface area (TPSA) is 110 Å². The van der Waals surface area contributed by atoms with Crippen LogP contribution in [0, 0.1) is 0 Å². The summed E-state index contributed by atoms with van der Waals surface area (Å²) < 4.78 is 0.496. The number of thiophene rings is 1. The number of nitrogens with one attached hydrogen (secondary N) is 2. The van der Waals surface area contributed by atoms with Gasteiger partial charge in [0.2, 0.25) is 5.91 Å². The number of benzene rings is 1. The molecule has 0 aliphatic heterocycles. The molecular formula is C19H13BrCl2N6OS. The zero-order valence-corrected chi connectivity index (χ0v) is 19.2. The molecule has 0 fully saturated rings. The number of aromatic amines is 1. The Hall–Kier alpha value is -2.46. The molecule has 0 spiro atoms. The number of rotatable bonds is 4. The lowest BCUT2D eigenvalue weighted by Gasteiger charge is -2.08. The van der Waals surface area contributed by atoms with Crippen LogP contribution in [0.4, 0.5) is 11.5 Å². The van der Waals surface area contributed by atoms with E-state index in [0.717, 1.165) is 26.4 Å². The van der Waals surface area contributed by atoms with Crippen LogP contribution in [0.5, 0.6) is 0 Å². The summed E-state index contributed by atoms with van der Waals surface area (Å²) in [6.07, 6.45) is 1.61. The molecule has 3 aromatic heterocycles. The minimum Gasteiger partial charge on any atom is -0.397 e. The van der Waals surface area contributed by atoms with Crippen molar-refractivity contribution < 1.29 is 4.79 Å². The molecule has 3 heterocycles. The minimum absolute atomic E-state index is 0.209. The Kier molecular flexibility index (Phi) is 5.79. The molecule has 4 aromatic rings. The lowest BCUT2D eigenvalue weighted by molar-refractivity contribution is -0.114. The van der Waals surface area contributed by atoms with Crippen LogP contribution in [0.15, 0.2) is 41.3 Å². The Morgan fingerprint density at radius 1 is 1.20 bits per heavy atom. The lowest BCUT2D eigenvalue weighted by atomic mass is 10.0. The molecule has 4 rings (SSSR count). The van der Waals surface area contributed by atoms with Crippen molar-refractivity contribution >= 4 is 67.9 Å². The van der Waals surface area contributed by atoms with E-state index in [4.69, 9.17) is 28.9 Å². The fraction of sp³-hybridized carbons (Fsp3) is 0.0526. The standard InChI is InChI=1S/C19H13BrCl2N6OS/c1-8(29)25-13-6-9(4-5-24-13)16-15(23)14(11-3-2-10(21)7-12(11)22)17(30-16)18-26-19(20)28-27-18/h2-7H,23H2,1H3,(H,24,25,29)(H,26,27,28). The van der Waals surface area contributed by atoms with Crippen molar-refractivity contribution in [1.29, 1.82) is 0 Å². The van der Waals surface area contributed by atoms with E-state index in [0.29, 0.717) is 32.1 Å². The van der Waals surface area contributed by atoms with Gasteiger partial charge in [0.05, 0.1) is 20.5 Å². The molecule has 152 valence electrons. The number of anilines is 2. The Balaban J connectivity index is 1.94. The van der Waals surface area contributed by atoms with E-state index in [1.54, 1.807) is 24.4 Å². The number of pyridine rings is 1. The van der Waals surface area contributed by atoms with Crippen LogP contribution in [-0.4, -0.2) is 26.1 Å². The SMILES string of the molecule is CC(=O)Nc1cc(-c2sc(-c3nnc(Br)[nH]3)c(-c3ccc(Cl)cc3Cl)c2N)ccn1. The second-order valence-corrected chi connectivity index (χ2v) is 8.86. The maximum atomic E-state index is 11.4. The Bertz CT molecular complexity index is 1270. The molecule has 11 heteroatoms. The highest BCUT2D eigenvalue weighted by Gasteiger charge is 2.24. The fourth-order valence-corrected chi connectivity index (χ4v) is 4.89. The third kappa shape index (κ3) is 4.06. The number of nitrogens with two attached hydrogens (primary N) is 1. The summed E-state index contributed by atoms with van der Waals surface area (Å²) in [5.74, 6) is 0.768. The van der Waals surface area contributed by atoms with Gasteiger partial charge in [0.25, 0.3) is 0 Å². The number of nitrogens with zero attached hydrogens (tertiary/aromatic N) is 3. The number of carbonyl (C=O) groups excluding carboxylic acids is 1. The van der Waals surface area contributed by atoms with Crippen LogP contribution in [0.3, 0.4) is 0 Å². The first kappa shape index (κ1) is 20.8. The van der Waals surface area contributed by atoms with Crippen molar-refractivity contribution in [3.8, 4) is 32.3 Å². The molecule has 7 nitrogen and oxygen atoms in total. The average Bonchev–Trinajstić information content (AvgIpc) is 3.25. The molecular weight excluding hydrogens is 511 g/mol. The number of aromatic nitrogens is 4. The van der Waals surface area contributed by atoms with Gasteiger partial charge < -0.3 is 16.0 Å². The van der Waals surface area contributed by atoms with Gasteiger partial charge in [-0.25, -0.2) is 4.98 Å². The predicted molar refractivity (Wildman–Crippen MR) is 125 cm³/mol. The second kappa shape index (κ2) is 8.35. The van der Waals surface area contributed by atoms with Crippen molar-refractivity contribution in [2.45, 2.75) is 6.92 Å². The molecule has 0 bridgehead atoms. The zero-order valence-electron chi connectivity index (χ0n) is 15.3. The van der Waals surface area contributed by atoms with Crippen LogP contribution < -0.4 is 11.1 Å². The first-order chi connectivity index (χ1) is 14.3. The first-order valence-electron chi connectivity index (χ1n) is 8.53. The zero-order chi connectivity index (χ0) is 21.4. The summed E-state index contributed by atoms with van der Waals surface area (Å²) in [7, 11) is 0. The monoisotopic (exact) mass is 522 g/mol. The molecule has 0 atom stereocenters. The summed E-state index contributed by atoms with van der Waals surface area (Å²) in [6, 6.07) is 8.81. The van der Waals surface area contributed by atoms with Crippen LogP contribution in [0.25, 0.3) is 32.3 Å². The average molecular weight is 524 g/mol. The minimum atomic E-state index is -0.209. The molecule has 0 radical (unpaired) electrons. The van der Waals surface area contributed by atoms with Gasteiger partial charge in [-0.3, -0.25) is 4.79 Å². The number of amides is 1. The van der Waals surface area contributed by atoms with Gasteiger partial charge in [-0.15, -0.1) is 21.5 Å². The molecule has 0 aliphatic carbocycles. The molecule has 1 amide bonds. The molecule has 1 aromatic carbocycles. The first-order valence-corrected chi connectivity index (χ1v) is 10.9. The highest BCUT2D eigenvalue weighted by atomic mass is 79.9. The van der Waals surface area contributed by atoms with E-state index < -0.39 is 0 Å². The summed E-state index contributed by atoms with van der Waals surface area (Å²) in [5.41, 5.74) is 9.37. The smallest absolute Gasteiger partial charge is 0.222 e. The maximum absolute atomic E-state index is 11.4.